The maximum absolute atomic E-state index is 10.5. The van der Waals surface area contributed by atoms with E-state index in [1.807, 2.05) is 0 Å². The van der Waals surface area contributed by atoms with Crippen molar-refractivity contribution in [1.29, 1.82) is 0 Å². The molecule has 3 nitrogen and oxygen atoms in total. The van der Waals surface area contributed by atoms with Crippen LogP contribution in [0.2, 0.25) is 0 Å². The van der Waals surface area contributed by atoms with Crippen LogP contribution < -0.4 is 0 Å². The van der Waals surface area contributed by atoms with Crippen LogP contribution in [0.15, 0.2) is 5.16 Å². The molecular formula is C30H61NO2. The average molecular weight is 468 g/mol. The van der Waals surface area contributed by atoms with Crippen molar-refractivity contribution in [2.75, 3.05) is 7.11 Å². The number of aliphatic hydroxyl groups excluding tert-OH is 1. The van der Waals surface area contributed by atoms with Crippen molar-refractivity contribution in [1.82, 2.24) is 0 Å². The number of nitrogens with zero attached hydrogens (tertiary/aromatic N) is 1. The van der Waals surface area contributed by atoms with E-state index in [0.717, 1.165) is 31.4 Å². The minimum atomic E-state index is -0.420. The summed E-state index contributed by atoms with van der Waals surface area (Å²) in [5, 5.41) is 14.6. The maximum atomic E-state index is 10.5. The Morgan fingerprint density at radius 3 is 1.24 bits per heavy atom. The van der Waals surface area contributed by atoms with Gasteiger partial charge in [-0.1, -0.05) is 160 Å². The zero-order valence-corrected chi connectivity index (χ0v) is 23.1. The van der Waals surface area contributed by atoms with Crippen LogP contribution in [0, 0.1) is 0 Å². The van der Waals surface area contributed by atoms with E-state index in [-0.39, 0.29) is 0 Å². The highest BCUT2D eigenvalue weighted by Gasteiger charge is 2.13. The normalized spacial score (nSPS) is 12.9. The van der Waals surface area contributed by atoms with Crippen molar-refractivity contribution in [3.63, 3.8) is 0 Å². The SMILES string of the molecule is CCCCCCCCCCCCCCCCCCC(O)C(CCCCCCCCC)=NOC. The Morgan fingerprint density at radius 1 is 0.545 bits per heavy atom. The van der Waals surface area contributed by atoms with Crippen molar-refractivity contribution in [2.24, 2.45) is 5.16 Å². The molecule has 0 aromatic heterocycles. The third-order valence-electron chi connectivity index (χ3n) is 6.96. The minimum Gasteiger partial charge on any atom is -0.399 e. The molecule has 3 heteroatoms. The van der Waals surface area contributed by atoms with Gasteiger partial charge < -0.3 is 9.94 Å². The number of rotatable bonds is 27. The predicted octanol–water partition coefficient (Wildman–Crippen LogP) is 10.1. The van der Waals surface area contributed by atoms with Gasteiger partial charge in [0.1, 0.15) is 7.11 Å². The number of unbranched alkanes of at least 4 members (excludes halogenated alkanes) is 21. The fraction of sp³-hybridized carbons (Fsp3) is 0.967. The summed E-state index contributed by atoms with van der Waals surface area (Å²) in [6.45, 7) is 4.55. The summed E-state index contributed by atoms with van der Waals surface area (Å²) in [7, 11) is 1.59. The van der Waals surface area contributed by atoms with E-state index < -0.39 is 6.10 Å². The predicted molar refractivity (Wildman–Crippen MR) is 147 cm³/mol. The Bertz CT molecular complexity index is 397. The lowest BCUT2D eigenvalue weighted by molar-refractivity contribution is 0.186. The second-order valence-electron chi connectivity index (χ2n) is 10.2. The van der Waals surface area contributed by atoms with E-state index >= 15 is 0 Å². The standard InChI is InChI=1S/C30H61NO2/c1-4-6-8-10-12-13-14-15-16-17-18-19-20-22-24-26-28-30(32)29(31-33-3)27-25-23-21-11-9-7-5-2/h30,32H,4-28H2,1-3H3. The van der Waals surface area contributed by atoms with Gasteiger partial charge in [-0.05, 0) is 19.3 Å². The second kappa shape index (κ2) is 27.7. The topological polar surface area (TPSA) is 41.8 Å². The van der Waals surface area contributed by atoms with E-state index in [1.165, 1.54) is 135 Å². The number of hydrogen-bond acceptors (Lipinski definition) is 3. The Morgan fingerprint density at radius 2 is 0.879 bits per heavy atom. The molecule has 0 aromatic rings. The molecule has 0 saturated carbocycles. The molecule has 0 amide bonds. The van der Waals surface area contributed by atoms with E-state index in [4.69, 9.17) is 4.84 Å². The van der Waals surface area contributed by atoms with Crippen LogP contribution in [0.25, 0.3) is 0 Å². The monoisotopic (exact) mass is 467 g/mol. The van der Waals surface area contributed by atoms with Gasteiger partial charge >= 0.3 is 0 Å². The molecule has 1 unspecified atom stereocenters. The summed E-state index contributed by atoms with van der Waals surface area (Å²) in [6.07, 6.45) is 32.4. The molecule has 0 heterocycles. The summed E-state index contributed by atoms with van der Waals surface area (Å²) >= 11 is 0. The van der Waals surface area contributed by atoms with Gasteiger partial charge in [0, 0.05) is 0 Å². The van der Waals surface area contributed by atoms with Crippen LogP contribution in [-0.2, 0) is 4.84 Å². The molecule has 0 bridgehead atoms. The Balaban J connectivity index is 3.50. The molecule has 1 atom stereocenters. The van der Waals surface area contributed by atoms with Crippen molar-refractivity contribution in [2.45, 2.75) is 180 Å². The maximum Gasteiger partial charge on any atom is 0.106 e. The van der Waals surface area contributed by atoms with Gasteiger partial charge in [-0.3, -0.25) is 0 Å². The first kappa shape index (κ1) is 32.4. The number of aliphatic hydroxyl groups is 1. The van der Waals surface area contributed by atoms with Crippen LogP contribution in [0.5, 0.6) is 0 Å². The van der Waals surface area contributed by atoms with Crippen molar-refractivity contribution in [3.8, 4) is 0 Å². The molecule has 0 aliphatic carbocycles. The van der Waals surface area contributed by atoms with Crippen molar-refractivity contribution in [3.05, 3.63) is 0 Å². The first-order valence-electron chi connectivity index (χ1n) is 15.0. The van der Waals surface area contributed by atoms with Crippen molar-refractivity contribution >= 4 is 5.71 Å². The van der Waals surface area contributed by atoms with Crippen LogP contribution in [0.1, 0.15) is 174 Å². The molecular weight excluding hydrogens is 406 g/mol. The van der Waals surface area contributed by atoms with Crippen LogP contribution >= 0.6 is 0 Å². The third-order valence-corrected chi connectivity index (χ3v) is 6.96. The Hall–Kier alpha value is -0.570. The molecule has 0 fully saturated rings. The summed E-state index contributed by atoms with van der Waals surface area (Å²) in [4.78, 5) is 5.00. The highest BCUT2D eigenvalue weighted by Crippen LogP contribution is 2.16. The second-order valence-corrected chi connectivity index (χ2v) is 10.2. The Labute approximate surface area is 208 Å². The van der Waals surface area contributed by atoms with Crippen LogP contribution in [-0.4, -0.2) is 24.0 Å². The van der Waals surface area contributed by atoms with Gasteiger partial charge in [0.2, 0.25) is 0 Å². The molecule has 33 heavy (non-hydrogen) atoms. The van der Waals surface area contributed by atoms with Gasteiger partial charge in [-0.2, -0.15) is 0 Å². The molecule has 198 valence electrons. The number of hydrogen-bond donors (Lipinski definition) is 1. The lowest BCUT2D eigenvalue weighted by Gasteiger charge is -2.13. The zero-order valence-electron chi connectivity index (χ0n) is 23.1. The molecule has 0 aliphatic rings. The first-order chi connectivity index (χ1) is 16.3. The zero-order chi connectivity index (χ0) is 24.2. The minimum absolute atomic E-state index is 0.420. The van der Waals surface area contributed by atoms with E-state index in [0.29, 0.717) is 0 Å². The molecule has 0 rings (SSSR count). The van der Waals surface area contributed by atoms with Crippen molar-refractivity contribution < 1.29 is 9.94 Å². The highest BCUT2D eigenvalue weighted by molar-refractivity contribution is 5.88. The summed E-state index contributed by atoms with van der Waals surface area (Å²) in [5.74, 6) is 0. The largest absolute Gasteiger partial charge is 0.399 e. The van der Waals surface area contributed by atoms with E-state index in [9.17, 15) is 5.11 Å². The first-order valence-corrected chi connectivity index (χ1v) is 15.0. The molecule has 0 aromatic carbocycles. The van der Waals surface area contributed by atoms with Gasteiger partial charge in [-0.25, -0.2) is 0 Å². The van der Waals surface area contributed by atoms with Crippen LogP contribution in [0.3, 0.4) is 0 Å². The molecule has 1 N–H and O–H groups in total. The summed E-state index contributed by atoms with van der Waals surface area (Å²) < 4.78 is 0. The lowest BCUT2D eigenvalue weighted by atomic mass is 10.00. The lowest BCUT2D eigenvalue weighted by Crippen LogP contribution is -2.20. The number of oxime groups is 1. The van der Waals surface area contributed by atoms with Gasteiger partial charge in [0.15, 0.2) is 0 Å². The molecule has 0 radical (unpaired) electrons. The van der Waals surface area contributed by atoms with E-state index in [2.05, 4.69) is 19.0 Å². The van der Waals surface area contributed by atoms with Gasteiger partial charge in [0.05, 0.1) is 11.8 Å². The molecule has 0 aliphatic heterocycles. The van der Waals surface area contributed by atoms with Gasteiger partial charge in [-0.15, -0.1) is 0 Å². The van der Waals surface area contributed by atoms with Crippen LogP contribution in [0.4, 0.5) is 0 Å². The highest BCUT2D eigenvalue weighted by atomic mass is 16.6. The quantitative estimate of drug-likeness (QED) is 0.0741. The van der Waals surface area contributed by atoms with E-state index in [1.54, 1.807) is 7.11 Å². The fourth-order valence-corrected chi connectivity index (χ4v) is 4.71. The average Bonchev–Trinajstić information content (AvgIpc) is 2.82. The fourth-order valence-electron chi connectivity index (χ4n) is 4.71. The molecule has 0 spiro atoms. The summed E-state index contributed by atoms with van der Waals surface area (Å²) in [6, 6.07) is 0. The van der Waals surface area contributed by atoms with Gasteiger partial charge in [0.25, 0.3) is 0 Å². The summed E-state index contributed by atoms with van der Waals surface area (Å²) in [5.41, 5.74) is 0.854. The third kappa shape index (κ3) is 24.4. The smallest absolute Gasteiger partial charge is 0.106 e. The molecule has 0 saturated heterocycles. The Kier molecular flexibility index (Phi) is 27.2.